The zero-order valence-corrected chi connectivity index (χ0v) is 14.9. The molecule has 23 heavy (non-hydrogen) atoms. The summed E-state index contributed by atoms with van der Waals surface area (Å²) in [5.41, 5.74) is 1.50. The fraction of sp³-hybridized carbons (Fsp3) is 0.562. The van der Waals surface area contributed by atoms with Gasteiger partial charge in [0.15, 0.2) is 0 Å². The largest absolute Gasteiger partial charge is 0.332 e. The Labute approximate surface area is 138 Å². The first-order valence-corrected chi connectivity index (χ1v) is 9.82. The number of anilines is 1. The minimum absolute atomic E-state index is 0.132. The number of piperazine rings is 1. The first-order chi connectivity index (χ1) is 10.8. The first kappa shape index (κ1) is 17.7. The van der Waals surface area contributed by atoms with Gasteiger partial charge in [-0.1, -0.05) is 12.1 Å². The van der Waals surface area contributed by atoms with Crippen LogP contribution in [-0.4, -0.2) is 64.7 Å². The molecule has 1 aromatic rings. The molecule has 0 saturated carbocycles. The molecule has 0 radical (unpaired) electrons. The van der Waals surface area contributed by atoms with Crippen molar-refractivity contribution in [2.24, 2.45) is 0 Å². The third-order valence-corrected chi connectivity index (χ3v) is 5.43. The number of nitrogens with zero attached hydrogens (tertiary/aromatic N) is 2. The van der Waals surface area contributed by atoms with Gasteiger partial charge in [0.25, 0.3) is 0 Å². The van der Waals surface area contributed by atoms with Crippen molar-refractivity contribution >= 4 is 21.6 Å². The van der Waals surface area contributed by atoms with Gasteiger partial charge in [-0.3, -0.25) is 9.10 Å². The van der Waals surface area contributed by atoms with Crippen LogP contribution in [0.25, 0.3) is 0 Å². The van der Waals surface area contributed by atoms with E-state index in [9.17, 15) is 13.2 Å². The molecule has 0 aromatic heterocycles. The molecule has 1 amide bonds. The van der Waals surface area contributed by atoms with Gasteiger partial charge in [-0.15, -0.1) is 0 Å². The quantitative estimate of drug-likeness (QED) is 0.787. The van der Waals surface area contributed by atoms with E-state index in [1.165, 1.54) is 9.21 Å². The standard InChI is InChI=1S/C16H25N3O3S/c1-4-17-8-10-18(11-9-17)16(20)13-19(23(3,21)22)15-7-5-6-14(2)12-15/h5-7,12H,4,8-11,13H2,1-3H3/p+1. The molecular weight excluding hydrogens is 314 g/mol. The normalized spacial score (nSPS) is 16.4. The van der Waals surface area contributed by atoms with E-state index in [-0.39, 0.29) is 12.5 Å². The second-order valence-electron chi connectivity index (χ2n) is 6.09. The molecule has 1 N–H and O–H groups in total. The molecule has 1 fully saturated rings. The third-order valence-electron chi connectivity index (χ3n) is 4.29. The Balaban J connectivity index is 2.11. The summed E-state index contributed by atoms with van der Waals surface area (Å²) in [6.45, 7) is 8.18. The fourth-order valence-electron chi connectivity index (χ4n) is 2.83. The molecule has 0 aliphatic carbocycles. The highest BCUT2D eigenvalue weighted by molar-refractivity contribution is 7.92. The average molecular weight is 340 g/mol. The van der Waals surface area contributed by atoms with E-state index in [2.05, 4.69) is 6.92 Å². The summed E-state index contributed by atoms with van der Waals surface area (Å²) in [4.78, 5) is 15.8. The van der Waals surface area contributed by atoms with E-state index >= 15 is 0 Å². The number of likely N-dealkylation sites (N-methyl/N-ethyl adjacent to an activating group) is 1. The number of nitrogens with one attached hydrogen (secondary N) is 1. The lowest BCUT2D eigenvalue weighted by Gasteiger charge is -2.33. The van der Waals surface area contributed by atoms with E-state index in [1.54, 1.807) is 23.1 Å². The number of quaternary nitrogens is 1. The van der Waals surface area contributed by atoms with Crippen molar-refractivity contribution in [2.75, 3.05) is 49.8 Å². The van der Waals surface area contributed by atoms with E-state index in [4.69, 9.17) is 0 Å². The van der Waals surface area contributed by atoms with Crippen LogP contribution in [0.4, 0.5) is 5.69 Å². The van der Waals surface area contributed by atoms with Gasteiger partial charge >= 0.3 is 0 Å². The molecule has 0 unspecified atom stereocenters. The number of sulfonamides is 1. The molecule has 0 atom stereocenters. The highest BCUT2D eigenvalue weighted by atomic mass is 32.2. The summed E-state index contributed by atoms with van der Waals surface area (Å²) in [7, 11) is -3.50. The number of carbonyl (C=O) groups is 1. The number of amides is 1. The van der Waals surface area contributed by atoms with Gasteiger partial charge in [-0.05, 0) is 31.5 Å². The van der Waals surface area contributed by atoms with Gasteiger partial charge in [0, 0.05) is 0 Å². The molecule has 1 aromatic carbocycles. The average Bonchev–Trinajstić information content (AvgIpc) is 2.51. The molecule has 1 saturated heterocycles. The van der Waals surface area contributed by atoms with Gasteiger partial charge in [-0.2, -0.15) is 0 Å². The molecule has 2 rings (SSSR count). The summed E-state index contributed by atoms with van der Waals surface area (Å²) in [6, 6.07) is 7.21. The van der Waals surface area contributed by atoms with Crippen LogP contribution in [0.1, 0.15) is 12.5 Å². The van der Waals surface area contributed by atoms with Crippen LogP contribution >= 0.6 is 0 Å². The lowest BCUT2D eigenvalue weighted by molar-refractivity contribution is -0.902. The number of hydrogen-bond acceptors (Lipinski definition) is 3. The van der Waals surface area contributed by atoms with E-state index in [0.29, 0.717) is 18.8 Å². The molecular formula is C16H26N3O3S+. The zero-order valence-electron chi connectivity index (χ0n) is 14.1. The molecule has 1 aliphatic rings. The Morgan fingerprint density at radius 2 is 1.96 bits per heavy atom. The van der Waals surface area contributed by atoms with Gasteiger partial charge in [0.1, 0.15) is 6.54 Å². The van der Waals surface area contributed by atoms with Crippen molar-refractivity contribution in [3.05, 3.63) is 29.8 Å². The van der Waals surface area contributed by atoms with Crippen molar-refractivity contribution in [1.29, 1.82) is 0 Å². The van der Waals surface area contributed by atoms with Crippen molar-refractivity contribution in [1.82, 2.24) is 4.90 Å². The van der Waals surface area contributed by atoms with Crippen LogP contribution in [0, 0.1) is 6.92 Å². The predicted molar refractivity (Wildman–Crippen MR) is 91.2 cm³/mol. The minimum atomic E-state index is -3.50. The summed E-state index contributed by atoms with van der Waals surface area (Å²) in [5.74, 6) is -0.132. The molecule has 7 heteroatoms. The molecule has 1 aliphatic heterocycles. The summed E-state index contributed by atoms with van der Waals surface area (Å²) in [6.07, 6.45) is 1.14. The van der Waals surface area contributed by atoms with E-state index < -0.39 is 10.0 Å². The molecule has 0 bridgehead atoms. The van der Waals surface area contributed by atoms with Crippen LogP contribution in [0.2, 0.25) is 0 Å². The van der Waals surface area contributed by atoms with E-state index in [1.807, 2.05) is 13.0 Å². The Morgan fingerprint density at radius 1 is 1.30 bits per heavy atom. The number of rotatable bonds is 5. The van der Waals surface area contributed by atoms with Crippen LogP contribution in [0.3, 0.4) is 0 Å². The van der Waals surface area contributed by atoms with Crippen molar-refractivity contribution < 1.29 is 18.1 Å². The van der Waals surface area contributed by atoms with Gasteiger partial charge in [0.2, 0.25) is 15.9 Å². The maximum atomic E-state index is 12.5. The smallest absolute Gasteiger partial charge is 0.243 e. The fourth-order valence-corrected chi connectivity index (χ4v) is 3.67. The molecule has 0 spiro atoms. The Bertz CT molecular complexity index is 652. The lowest BCUT2D eigenvalue weighted by Crippen LogP contribution is -3.14. The number of aryl methyl sites for hydroxylation is 1. The molecule has 6 nitrogen and oxygen atoms in total. The molecule has 128 valence electrons. The maximum Gasteiger partial charge on any atom is 0.243 e. The van der Waals surface area contributed by atoms with Crippen LogP contribution in [-0.2, 0) is 14.8 Å². The number of carbonyl (C=O) groups excluding carboxylic acids is 1. The lowest BCUT2D eigenvalue weighted by atomic mass is 10.2. The van der Waals surface area contributed by atoms with Crippen molar-refractivity contribution in [3.63, 3.8) is 0 Å². The zero-order chi connectivity index (χ0) is 17.0. The Morgan fingerprint density at radius 3 is 2.48 bits per heavy atom. The Kier molecular flexibility index (Phi) is 5.64. The van der Waals surface area contributed by atoms with Crippen molar-refractivity contribution in [2.45, 2.75) is 13.8 Å². The van der Waals surface area contributed by atoms with Gasteiger partial charge < -0.3 is 9.80 Å². The monoisotopic (exact) mass is 340 g/mol. The summed E-state index contributed by atoms with van der Waals surface area (Å²) < 4.78 is 25.4. The minimum Gasteiger partial charge on any atom is -0.332 e. The predicted octanol–water partition coefficient (Wildman–Crippen LogP) is -0.492. The van der Waals surface area contributed by atoms with E-state index in [0.717, 1.165) is 31.5 Å². The van der Waals surface area contributed by atoms with Crippen LogP contribution in [0.5, 0.6) is 0 Å². The SMILES string of the molecule is CC[NH+]1CCN(C(=O)CN(c2cccc(C)c2)S(C)(=O)=O)CC1. The number of benzene rings is 1. The number of hydrogen-bond donors (Lipinski definition) is 1. The maximum absolute atomic E-state index is 12.5. The summed E-state index contributed by atoms with van der Waals surface area (Å²) >= 11 is 0. The van der Waals surface area contributed by atoms with Gasteiger partial charge in [-0.25, -0.2) is 8.42 Å². The van der Waals surface area contributed by atoms with Crippen LogP contribution < -0.4 is 9.21 Å². The second kappa shape index (κ2) is 7.31. The second-order valence-corrected chi connectivity index (χ2v) is 8.00. The van der Waals surface area contributed by atoms with Crippen molar-refractivity contribution in [3.8, 4) is 0 Å². The topological polar surface area (TPSA) is 62.1 Å². The van der Waals surface area contributed by atoms with Gasteiger partial charge in [0.05, 0.1) is 44.7 Å². The Hall–Kier alpha value is -1.60. The highest BCUT2D eigenvalue weighted by Gasteiger charge is 2.27. The highest BCUT2D eigenvalue weighted by Crippen LogP contribution is 2.19. The summed E-state index contributed by atoms with van der Waals surface area (Å²) in [5, 5.41) is 0. The first-order valence-electron chi connectivity index (χ1n) is 7.97. The molecule has 1 heterocycles. The van der Waals surface area contributed by atoms with Crippen LogP contribution in [0.15, 0.2) is 24.3 Å². The third kappa shape index (κ3) is 4.68.